The first-order chi connectivity index (χ1) is 9.10. The van der Waals surface area contributed by atoms with Gasteiger partial charge in [0.25, 0.3) is 5.91 Å². The van der Waals surface area contributed by atoms with Crippen molar-refractivity contribution in [1.82, 2.24) is 10.3 Å². The number of fused-ring (bicyclic) bond motifs is 1. The van der Waals surface area contributed by atoms with Gasteiger partial charge in [-0.15, -0.1) is 0 Å². The minimum atomic E-state index is -0.286. The van der Waals surface area contributed by atoms with E-state index in [9.17, 15) is 4.79 Å². The summed E-state index contributed by atoms with van der Waals surface area (Å²) in [4.78, 5) is 15.6. The summed E-state index contributed by atoms with van der Waals surface area (Å²) in [5.41, 5.74) is 1.28. The second-order valence-corrected chi connectivity index (χ2v) is 5.38. The molecule has 0 saturated carbocycles. The van der Waals surface area contributed by atoms with Crippen LogP contribution in [-0.4, -0.2) is 29.1 Å². The highest BCUT2D eigenvalue weighted by molar-refractivity contribution is 6.05. The van der Waals surface area contributed by atoms with E-state index in [4.69, 9.17) is 4.74 Å². The lowest BCUT2D eigenvalue weighted by Gasteiger charge is -2.29. The average Bonchev–Trinajstić information content (AvgIpc) is 2.97. The van der Waals surface area contributed by atoms with Gasteiger partial charge in [0.2, 0.25) is 0 Å². The lowest BCUT2D eigenvalue weighted by atomic mass is 9.94. The number of aromatic amines is 1. The molecule has 0 bridgehead atoms. The molecule has 1 aromatic carbocycles. The number of carbonyl (C=O) groups excluding carboxylic acids is 1. The molecule has 2 N–H and O–H groups in total. The number of aromatic nitrogens is 1. The van der Waals surface area contributed by atoms with Gasteiger partial charge in [0, 0.05) is 18.2 Å². The predicted molar refractivity (Wildman–Crippen MR) is 74.2 cm³/mol. The molecule has 100 valence electrons. The fourth-order valence-corrected chi connectivity index (χ4v) is 2.60. The number of carbonyl (C=O) groups is 1. The van der Waals surface area contributed by atoms with Crippen LogP contribution in [0.15, 0.2) is 30.5 Å². The van der Waals surface area contributed by atoms with Crippen LogP contribution in [0, 0.1) is 0 Å². The van der Waals surface area contributed by atoms with Gasteiger partial charge in [0.15, 0.2) is 0 Å². The molecule has 3 rings (SSSR count). The average molecular weight is 258 g/mol. The van der Waals surface area contributed by atoms with E-state index in [1.54, 1.807) is 0 Å². The van der Waals surface area contributed by atoms with E-state index in [1.807, 2.05) is 44.3 Å². The summed E-state index contributed by atoms with van der Waals surface area (Å²) in [6, 6.07) is 7.71. The van der Waals surface area contributed by atoms with E-state index in [1.165, 1.54) is 0 Å². The third-order valence-electron chi connectivity index (χ3n) is 4.12. The van der Waals surface area contributed by atoms with Gasteiger partial charge in [-0.05, 0) is 32.4 Å². The van der Waals surface area contributed by atoms with Crippen LogP contribution in [0.3, 0.4) is 0 Å². The summed E-state index contributed by atoms with van der Waals surface area (Å²) in [6.45, 7) is 4.74. The van der Waals surface area contributed by atoms with Gasteiger partial charge in [0.05, 0.1) is 22.7 Å². The molecule has 1 aromatic heterocycles. The van der Waals surface area contributed by atoms with Crippen molar-refractivity contribution < 1.29 is 9.53 Å². The van der Waals surface area contributed by atoms with Crippen molar-refractivity contribution in [3.63, 3.8) is 0 Å². The standard InChI is InChI=1S/C15H18N2O2/c1-10-15(2,7-9-19-10)17-14(18)12-5-3-4-11-6-8-16-13(11)12/h3-6,8,10,16H,7,9H2,1-2H3,(H,17,18). The molecule has 0 spiro atoms. The topological polar surface area (TPSA) is 54.1 Å². The molecule has 2 heterocycles. The molecule has 1 fully saturated rings. The number of nitrogens with one attached hydrogen (secondary N) is 2. The van der Waals surface area contributed by atoms with E-state index in [-0.39, 0.29) is 17.6 Å². The fraction of sp³-hybridized carbons (Fsp3) is 0.400. The van der Waals surface area contributed by atoms with E-state index in [0.717, 1.165) is 17.3 Å². The summed E-state index contributed by atoms with van der Waals surface area (Å²) in [5.74, 6) is -0.0482. The summed E-state index contributed by atoms with van der Waals surface area (Å²) in [7, 11) is 0. The zero-order chi connectivity index (χ0) is 13.5. The summed E-state index contributed by atoms with van der Waals surface area (Å²) in [5, 5.41) is 4.17. The maximum Gasteiger partial charge on any atom is 0.253 e. The number of H-pyrrole nitrogens is 1. The molecule has 1 aliphatic heterocycles. The van der Waals surface area contributed by atoms with E-state index in [2.05, 4.69) is 10.3 Å². The Kier molecular flexibility index (Phi) is 2.82. The van der Waals surface area contributed by atoms with Gasteiger partial charge in [-0.2, -0.15) is 0 Å². The Labute approximate surface area is 112 Å². The molecule has 1 aliphatic rings. The minimum absolute atomic E-state index is 0.0410. The van der Waals surface area contributed by atoms with Crippen LogP contribution >= 0.6 is 0 Å². The Morgan fingerprint density at radius 1 is 1.47 bits per heavy atom. The van der Waals surface area contributed by atoms with E-state index < -0.39 is 0 Å². The second-order valence-electron chi connectivity index (χ2n) is 5.38. The number of benzene rings is 1. The zero-order valence-electron chi connectivity index (χ0n) is 11.2. The van der Waals surface area contributed by atoms with Crippen molar-refractivity contribution in [2.24, 2.45) is 0 Å². The number of para-hydroxylation sites is 1. The van der Waals surface area contributed by atoms with Gasteiger partial charge >= 0.3 is 0 Å². The first-order valence-corrected chi connectivity index (χ1v) is 6.60. The van der Waals surface area contributed by atoms with E-state index in [0.29, 0.717) is 12.2 Å². The number of hydrogen-bond donors (Lipinski definition) is 2. The summed E-state index contributed by atoms with van der Waals surface area (Å²) in [6.07, 6.45) is 2.74. The number of hydrogen-bond acceptors (Lipinski definition) is 2. The Balaban J connectivity index is 1.90. The second kappa shape index (κ2) is 4.38. The molecule has 1 saturated heterocycles. The maximum absolute atomic E-state index is 12.5. The van der Waals surface area contributed by atoms with Crippen molar-refractivity contribution >= 4 is 16.8 Å². The van der Waals surface area contributed by atoms with Crippen LogP contribution in [0.5, 0.6) is 0 Å². The Bertz CT molecular complexity index is 619. The lowest BCUT2D eigenvalue weighted by molar-refractivity contribution is 0.0728. The van der Waals surface area contributed by atoms with Crippen LogP contribution < -0.4 is 5.32 Å². The van der Waals surface area contributed by atoms with Gasteiger partial charge in [-0.25, -0.2) is 0 Å². The Hall–Kier alpha value is -1.81. The lowest BCUT2D eigenvalue weighted by Crippen LogP contribution is -2.50. The van der Waals surface area contributed by atoms with E-state index >= 15 is 0 Å². The van der Waals surface area contributed by atoms with Gasteiger partial charge < -0.3 is 15.0 Å². The molecular weight excluding hydrogens is 240 g/mol. The SMILES string of the molecule is CC1OCCC1(C)NC(=O)c1cccc2cc[nH]c12. The molecule has 0 aliphatic carbocycles. The molecule has 2 aromatic rings. The van der Waals surface area contributed by atoms with Crippen molar-refractivity contribution in [1.29, 1.82) is 0 Å². The molecule has 4 heteroatoms. The first kappa shape index (κ1) is 12.2. The molecule has 0 radical (unpaired) electrons. The van der Waals surface area contributed by atoms with Gasteiger partial charge in [-0.3, -0.25) is 4.79 Å². The summed E-state index contributed by atoms with van der Waals surface area (Å²) >= 11 is 0. The van der Waals surface area contributed by atoms with Crippen LogP contribution in [0.1, 0.15) is 30.6 Å². The van der Waals surface area contributed by atoms with Crippen molar-refractivity contribution in [3.05, 3.63) is 36.0 Å². The molecule has 4 nitrogen and oxygen atoms in total. The third kappa shape index (κ3) is 2.02. The van der Waals surface area contributed by atoms with Crippen molar-refractivity contribution in [2.75, 3.05) is 6.61 Å². The zero-order valence-corrected chi connectivity index (χ0v) is 11.2. The third-order valence-corrected chi connectivity index (χ3v) is 4.12. The quantitative estimate of drug-likeness (QED) is 0.869. The van der Waals surface area contributed by atoms with Crippen molar-refractivity contribution in [2.45, 2.75) is 31.9 Å². The normalized spacial score (nSPS) is 26.7. The maximum atomic E-state index is 12.5. The predicted octanol–water partition coefficient (Wildman–Crippen LogP) is 2.47. The molecule has 19 heavy (non-hydrogen) atoms. The fourth-order valence-electron chi connectivity index (χ4n) is 2.60. The highest BCUT2D eigenvalue weighted by atomic mass is 16.5. The number of rotatable bonds is 2. The summed E-state index contributed by atoms with van der Waals surface area (Å²) < 4.78 is 5.56. The molecular formula is C15H18N2O2. The highest BCUT2D eigenvalue weighted by Crippen LogP contribution is 2.26. The number of amides is 1. The minimum Gasteiger partial charge on any atom is -0.376 e. The smallest absolute Gasteiger partial charge is 0.253 e. The first-order valence-electron chi connectivity index (χ1n) is 6.60. The molecule has 2 atom stereocenters. The van der Waals surface area contributed by atoms with Crippen LogP contribution in [-0.2, 0) is 4.74 Å². The van der Waals surface area contributed by atoms with Crippen LogP contribution in [0.2, 0.25) is 0 Å². The number of ether oxygens (including phenoxy) is 1. The molecule has 1 amide bonds. The van der Waals surface area contributed by atoms with Crippen LogP contribution in [0.25, 0.3) is 10.9 Å². The Morgan fingerprint density at radius 2 is 2.32 bits per heavy atom. The highest BCUT2D eigenvalue weighted by Gasteiger charge is 2.38. The largest absolute Gasteiger partial charge is 0.376 e. The monoisotopic (exact) mass is 258 g/mol. The van der Waals surface area contributed by atoms with Gasteiger partial charge in [-0.1, -0.05) is 12.1 Å². The van der Waals surface area contributed by atoms with Gasteiger partial charge in [0.1, 0.15) is 0 Å². The van der Waals surface area contributed by atoms with Crippen LogP contribution in [0.4, 0.5) is 0 Å². The van der Waals surface area contributed by atoms with Crippen molar-refractivity contribution in [3.8, 4) is 0 Å². The Morgan fingerprint density at radius 3 is 3.05 bits per heavy atom. The molecule has 2 unspecified atom stereocenters.